The van der Waals surface area contributed by atoms with Crippen LogP contribution in [0.25, 0.3) is 22.5 Å². The molecule has 6 rings (SSSR count). The molecule has 1 N–H and O–H groups in total. The van der Waals surface area contributed by atoms with Crippen LogP contribution in [0, 0.1) is 5.82 Å². The highest BCUT2D eigenvalue weighted by molar-refractivity contribution is 6.33. The first kappa shape index (κ1) is 21.8. The average Bonchev–Trinajstić information content (AvgIpc) is 3.22. The molecule has 34 heavy (non-hydrogen) atoms. The smallest absolute Gasteiger partial charge is 0.142 e. The summed E-state index contributed by atoms with van der Waals surface area (Å²) in [4.78, 5) is 20.5. The fraction of sp³-hybridized carbons (Fsp3) is 0.440. The molecule has 0 amide bonds. The Kier molecular flexibility index (Phi) is 5.89. The van der Waals surface area contributed by atoms with Gasteiger partial charge >= 0.3 is 0 Å². The van der Waals surface area contributed by atoms with Crippen molar-refractivity contribution in [1.29, 1.82) is 0 Å². The summed E-state index contributed by atoms with van der Waals surface area (Å²) < 4.78 is 19.3. The van der Waals surface area contributed by atoms with E-state index in [1.807, 2.05) is 6.07 Å². The molecule has 1 saturated carbocycles. The van der Waals surface area contributed by atoms with E-state index in [2.05, 4.69) is 25.2 Å². The highest BCUT2D eigenvalue weighted by Gasteiger charge is 2.30. The van der Waals surface area contributed by atoms with Crippen LogP contribution in [0.5, 0.6) is 0 Å². The highest BCUT2D eigenvalue weighted by atomic mass is 35.5. The lowest BCUT2D eigenvalue weighted by Crippen LogP contribution is -2.46. The van der Waals surface area contributed by atoms with Crippen LogP contribution in [-0.2, 0) is 11.2 Å². The predicted molar refractivity (Wildman–Crippen MR) is 128 cm³/mol. The molecule has 0 spiro atoms. The molecule has 7 nitrogen and oxygen atoms in total. The highest BCUT2D eigenvalue weighted by Crippen LogP contribution is 2.42. The molecule has 1 aliphatic heterocycles. The zero-order chi connectivity index (χ0) is 23.1. The lowest BCUT2D eigenvalue weighted by atomic mass is 9.90. The number of morpholine rings is 1. The van der Waals surface area contributed by atoms with Gasteiger partial charge in [-0.2, -0.15) is 0 Å². The lowest BCUT2D eigenvalue weighted by Gasteiger charge is -2.39. The number of rotatable bonds is 4. The van der Waals surface area contributed by atoms with E-state index in [0.29, 0.717) is 34.8 Å². The van der Waals surface area contributed by atoms with Crippen LogP contribution in [0.15, 0.2) is 30.9 Å². The molecule has 1 saturated heterocycles. The van der Waals surface area contributed by atoms with Gasteiger partial charge < -0.3 is 10.1 Å². The van der Waals surface area contributed by atoms with Crippen molar-refractivity contribution in [2.24, 2.45) is 0 Å². The van der Waals surface area contributed by atoms with Crippen molar-refractivity contribution in [3.05, 3.63) is 53.0 Å². The predicted octanol–water partition coefficient (Wildman–Crippen LogP) is 4.35. The maximum Gasteiger partial charge on any atom is 0.142 e. The van der Waals surface area contributed by atoms with E-state index in [0.717, 1.165) is 67.5 Å². The topological polar surface area (TPSA) is 76.1 Å². The Labute approximate surface area is 202 Å². The summed E-state index contributed by atoms with van der Waals surface area (Å²) >= 11 is 6.53. The number of nitrogens with one attached hydrogen (secondary N) is 1. The van der Waals surface area contributed by atoms with Crippen LogP contribution >= 0.6 is 11.6 Å². The Bertz CT molecular complexity index is 1210. The Morgan fingerprint density at radius 1 is 1.03 bits per heavy atom. The summed E-state index contributed by atoms with van der Waals surface area (Å²) in [5.74, 6) is 0.395. The molecule has 176 valence electrons. The van der Waals surface area contributed by atoms with E-state index in [9.17, 15) is 4.39 Å². The molecule has 0 aromatic carbocycles. The van der Waals surface area contributed by atoms with E-state index < -0.39 is 5.82 Å². The van der Waals surface area contributed by atoms with Crippen molar-refractivity contribution in [1.82, 2.24) is 24.8 Å². The second-order valence-corrected chi connectivity index (χ2v) is 9.64. The number of ether oxygens (including phenoxy) is 1. The molecular weight excluding hydrogens is 455 g/mol. The van der Waals surface area contributed by atoms with Crippen molar-refractivity contribution in [3.8, 4) is 22.5 Å². The van der Waals surface area contributed by atoms with Crippen LogP contribution in [0.3, 0.4) is 0 Å². The van der Waals surface area contributed by atoms with Gasteiger partial charge in [0.25, 0.3) is 0 Å². The number of nitrogens with zero attached hydrogens (tertiary/aromatic N) is 5. The van der Waals surface area contributed by atoms with Gasteiger partial charge in [0.05, 0.1) is 47.1 Å². The van der Waals surface area contributed by atoms with Gasteiger partial charge in [-0.3, -0.25) is 9.88 Å². The number of halogens is 2. The van der Waals surface area contributed by atoms with E-state index in [1.165, 1.54) is 25.1 Å². The van der Waals surface area contributed by atoms with Crippen LogP contribution < -0.4 is 5.32 Å². The van der Waals surface area contributed by atoms with Gasteiger partial charge in [0, 0.05) is 43.4 Å². The Balaban J connectivity index is 1.25. The normalized spacial score (nSPS) is 22.3. The maximum atomic E-state index is 13.8. The van der Waals surface area contributed by atoms with Crippen LogP contribution in [0.4, 0.5) is 10.2 Å². The molecule has 3 aromatic heterocycles. The first-order valence-electron chi connectivity index (χ1n) is 11.9. The molecule has 0 bridgehead atoms. The zero-order valence-corrected chi connectivity index (χ0v) is 19.6. The summed E-state index contributed by atoms with van der Waals surface area (Å²) in [6.07, 6.45) is 9.56. The Hall–Kier alpha value is -2.68. The number of fused-ring (bicyclic) bond motifs is 3. The van der Waals surface area contributed by atoms with Gasteiger partial charge in [-0.05, 0) is 43.4 Å². The third-order valence-electron chi connectivity index (χ3n) is 7.15. The van der Waals surface area contributed by atoms with Gasteiger partial charge in [0.1, 0.15) is 18.0 Å². The molecule has 2 fully saturated rings. The molecule has 3 aromatic rings. The molecule has 9 heteroatoms. The minimum atomic E-state index is -0.422. The fourth-order valence-corrected chi connectivity index (χ4v) is 5.72. The maximum absolute atomic E-state index is 13.8. The standard InChI is InChI=1S/C25H26ClFN6O/c26-20-10-15-11-21-22(24(15)32-23(20)16-9-17(27)13-28-12-16)25(30-14-29-21)31-18-1-3-19(4-2-18)33-5-7-34-8-6-33/h9-10,12-14,18-19H,1-8,11H2,(H,29,30,31). The van der Waals surface area contributed by atoms with E-state index in [-0.39, 0.29) is 0 Å². The van der Waals surface area contributed by atoms with Crippen LogP contribution in [0.1, 0.15) is 36.9 Å². The third-order valence-corrected chi connectivity index (χ3v) is 7.44. The first-order chi connectivity index (χ1) is 16.7. The molecule has 0 unspecified atom stereocenters. The second kappa shape index (κ2) is 9.17. The molecule has 2 aliphatic carbocycles. The summed E-state index contributed by atoms with van der Waals surface area (Å²) in [5, 5.41) is 4.16. The van der Waals surface area contributed by atoms with Crippen LogP contribution in [-0.4, -0.2) is 63.2 Å². The number of anilines is 1. The van der Waals surface area contributed by atoms with Gasteiger partial charge in [-0.25, -0.2) is 19.3 Å². The minimum absolute atomic E-state index is 0.361. The first-order valence-corrected chi connectivity index (χ1v) is 12.3. The van der Waals surface area contributed by atoms with Gasteiger partial charge in [-0.15, -0.1) is 0 Å². The lowest BCUT2D eigenvalue weighted by molar-refractivity contribution is 0.00791. The number of aromatic nitrogens is 4. The van der Waals surface area contributed by atoms with Crippen molar-refractivity contribution in [3.63, 3.8) is 0 Å². The van der Waals surface area contributed by atoms with E-state index >= 15 is 0 Å². The van der Waals surface area contributed by atoms with E-state index in [4.69, 9.17) is 21.3 Å². The van der Waals surface area contributed by atoms with Gasteiger partial charge in [0.2, 0.25) is 0 Å². The summed E-state index contributed by atoms with van der Waals surface area (Å²) in [7, 11) is 0. The Morgan fingerprint density at radius 3 is 2.65 bits per heavy atom. The number of hydrogen-bond donors (Lipinski definition) is 1. The minimum Gasteiger partial charge on any atom is -0.379 e. The van der Waals surface area contributed by atoms with Crippen molar-refractivity contribution >= 4 is 17.4 Å². The largest absolute Gasteiger partial charge is 0.379 e. The SMILES string of the molecule is Fc1cncc(-c2nc3c(cc2Cl)Cc2ncnc(NC4CCC(N5CCOCC5)CC4)c2-3)c1. The van der Waals surface area contributed by atoms with E-state index in [1.54, 1.807) is 12.5 Å². The van der Waals surface area contributed by atoms with Crippen molar-refractivity contribution in [2.75, 3.05) is 31.6 Å². The molecule has 4 heterocycles. The van der Waals surface area contributed by atoms with Crippen molar-refractivity contribution in [2.45, 2.75) is 44.2 Å². The summed E-state index contributed by atoms with van der Waals surface area (Å²) in [5.41, 5.74) is 4.74. The third kappa shape index (κ3) is 4.15. The Morgan fingerprint density at radius 2 is 1.85 bits per heavy atom. The second-order valence-electron chi connectivity index (χ2n) is 9.24. The quantitative estimate of drug-likeness (QED) is 0.465. The van der Waals surface area contributed by atoms with Crippen molar-refractivity contribution < 1.29 is 9.13 Å². The monoisotopic (exact) mass is 480 g/mol. The van der Waals surface area contributed by atoms with Gasteiger partial charge in [-0.1, -0.05) is 11.6 Å². The van der Waals surface area contributed by atoms with Crippen LogP contribution in [0.2, 0.25) is 5.02 Å². The number of pyridine rings is 2. The fourth-order valence-electron chi connectivity index (χ4n) is 5.44. The molecular formula is C25H26ClFN6O. The molecule has 3 aliphatic rings. The molecule has 0 radical (unpaired) electrons. The van der Waals surface area contributed by atoms with Gasteiger partial charge in [0.15, 0.2) is 0 Å². The zero-order valence-electron chi connectivity index (χ0n) is 18.8. The average molecular weight is 481 g/mol. The summed E-state index contributed by atoms with van der Waals surface area (Å²) in [6, 6.07) is 4.31. The summed E-state index contributed by atoms with van der Waals surface area (Å²) in [6.45, 7) is 3.76. The molecule has 0 atom stereocenters. The number of hydrogen-bond acceptors (Lipinski definition) is 7.